The van der Waals surface area contributed by atoms with Gasteiger partial charge >= 0.3 is 6.18 Å². The van der Waals surface area contributed by atoms with Crippen LogP contribution in [0.2, 0.25) is 0 Å². The van der Waals surface area contributed by atoms with Gasteiger partial charge in [0.2, 0.25) is 5.89 Å². The molecular weight excluding hydrogens is 433 g/mol. The molecule has 0 bridgehead atoms. The number of nitrogens with zero attached hydrogens (tertiary/aromatic N) is 3. The second kappa shape index (κ2) is 9.53. The summed E-state index contributed by atoms with van der Waals surface area (Å²) < 4.78 is 46.8. The molecule has 1 heterocycles. The summed E-state index contributed by atoms with van der Waals surface area (Å²) in [5.74, 6) is 0.638. The number of ether oxygens (including phenoxy) is 1. The summed E-state index contributed by atoms with van der Waals surface area (Å²) in [6.45, 7) is 0.186. The summed E-state index contributed by atoms with van der Waals surface area (Å²) in [6.07, 6.45) is -4.53. The summed E-state index contributed by atoms with van der Waals surface area (Å²) in [6, 6.07) is 12.5. The van der Waals surface area contributed by atoms with Crippen molar-refractivity contribution in [2.24, 2.45) is 0 Å². The Balaban J connectivity index is 1.72. The van der Waals surface area contributed by atoms with E-state index < -0.39 is 18.7 Å². The highest BCUT2D eigenvalue weighted by Crippen LogP contribution is 2.28. The molecule has 1 aromatic heterocycles. The van der Waals surface area contributed by atoms with Crippen molar-refractivity contribution in [1.29, 1.82) is 5.26 Å². The third-order valence-electron chi connectivity index (χ3n) is 3.80. The molecule has 0 radical (unpaired) electrons. The molecule has 0 atom stereocenters. The second-order valence-corrected chi connectivity index (χ2v) is 7.22. The minimum absolute atomic E-state index is 0.128. The van der Waals surface area contributed by atoms with Crippen LogP contribution >= 0.6 is 11.8 Å². The number of benzene rings is 2. The molecule has 7 nitrogen and oxygen atoms in total. The molecule has 3 aromatic rings. The summed E-state index contributed by atoms with van der Waals surface area (Å²) in [5, 5.41) is 15.6. The minimum Gasteiger partial charge on any atom is -0.483 e. The van der Waals surface area contributed by atoms with Crippen molar-refractivity contribution in [2.75, 3.05) is 11.9 Å². The van der Waals surface area contributed by atoms with Gasteiger partial charge in [-0.15, -0.1) is 11.8 Å². The van der Waals surface area contributed by atoms with Crippen molar-refractivity contribution in [3.05, 3.63) is 65.3 Å². The average Bonchev–Trinajstić information content (AvgIpc) is 3.15. The van der Waals surface area contributed by atoms with Crippen molar-refractivity contribution in [2.45, 2.75) is 23.7 Å². The van der Waals surface area contributed by atoms with Crippen LogP contribution in [-0.4, -0.2) is 28.8 Å². The van der Waals surface area contributed by atoms with Crippen LogP contribution in [0.15, 0.2) is 51.9 Å². The van der Waals surface area contributed by atoms with Gasteiger partial charge in [0.15, 0.2) is 12.4 Å². The number of nitrogens with one attached hydrogen (secondary N) is 1. The highest BCUT2D eigenvalue weighted by atomic mass is 32.2. The van der Waals surface area contributed by atoms with Crippen LogP contribution in [0.3, 0.4) is 0 Å². The summed E-state index contributed by atoms with van der Waals surface area (Å²) >= 11 is 1.34. The van der Waals surface area contributed by atoms with Crippen LogP contribution < -0.4 is 10.1 Å². The third kappa shape index (κ3) is 6.23. The Labute approximate surface area is 179 Å². The first-order valence-corrected chi connectivity index (χ1v) is 9.80. The first-order valence-electron chi connectivity index (χ1n) is 8.81. The molecule has 2 aromatic carbocycles. The first kappa shape index (κ1) is 22.2. The van der Waals surface area contributed by atoms with Crippen molar-refractivity contribution in [3.8, 4) is 11.8 Å². The van der Waals surface area contributed by atoms with Crippen molar-refractivity contribution in [3.63, 3.8) is 0 Å². The Morgan fingerprint density at radius 1 is 1.29 bits per heavy atom. The van der Waals surface area contributed by atoms with Gasteiger partial charge in [0, 0.05) is 10.6 Å². The Morgan fingerprint density at radius 2 is 2.06 bits per heavy atom. The predicted octanol–water partition coefficient (Wildman–Crippen LogP) is 4.74. The molecular formula is C20H15F3N4O3S. The Kier molecular flexibility index (Phi) is 6.81. The van der Waals surface area contributed by atoms with Crippen LogP contribution in [0.1, 0.15) is 27.6 Å². The van der Waals surface area contributed by atoms with Gasteiger partial charge in [0.1, 0.15) is 11.8 Å². The average molecular weight is 448 g/mol. The molecule has 11 heteroatoms. The van der Waals surface area contributed by atoms with Crippen LogP contribution in [0.5, 0.6) is 5.75 Å². The number of halogens is 3. The molecule has 160 valence electrons. The molecule has 0 aliphatic heterocycles. The van der Waals surface area contributed by atoms with Crippen molar-refractivity contribution >= 4 is 23.4 Å². The van der Waals surface area contributed by atoms with Gasteiger partial charge in [-0.3, -0.25) is 4.79 Å². The molecule has 0 spiro atoms. The van der Waals surface area contributed by atoms with Gasteiger partial charge < -0.3 is 14.6 Å². The number of anilines is 1. The lowest BCUT2D eigenvalue weighted by molar-refractivity contribution is -0.153. The number of hydrogen-bond donors (Lipinski definition) is 1. The molecule has 1 amide bonds. The minimum atomic E-state index is -4.53. The topological polar surface area (TPSA) is 101 Å². The van der Waals surface area contributed by atoms with Gasteiger partial charge in [-0.05, 0) is 37.3 Å². The zero-order valence-electron chi connectivity index (χ0n) is 16.1. The molecule has 31 heavy (non-hydrogen) atoms. The van der Waals surface area contributed by atoms with E-state index in [0.717, 1.165) is 0 Å². The number of aryl methyl sites for hydroxylation is 1. The number of alkyl halides is 3. The number of rotatable bonds is 7. The van der Waals surface area contributed by atoms with Gasteiger partial charge in [0.25, 0.3) is 5.91 Å². The van der Waals surface area contributed by atoms with E-state index in [-0.39, 0.29) is 17.0 Å². The zero-order chi connectivity index (χ0) is 22.4. The lowest BCUT2D eigenvalue weighted by atomic mass is 10.1. The molecule has 0 aliphatic rings. The van der Waals surface area contributed by atoms with Crippen LogP contribution in [0.25, 0.3) is 0 Å². The van der Waals surface area contributed by atoms with Gasteiger partial charge in [0.05, 0.1) is 16.9 Å². The highest BCUT2D eigenvalue weighted by Gasteiger charge is 2.29. The lowest BCUT2D eigenvalue weighted by Gasteiger charge is -2.12. The Morgan fingerprint density at radius 3 is 2.74 bits per heavy atom. The smallest absolute Gasteiger partial charge is 0.422 e. The first-order chi connectivity index (χ1) is 14.7. The normalized spacial score (nSPS) is 11.1. The van der Waals surface area contributed by atoms with Gasteiger partial charge in [-0.2, -0.15) is 23.4 Å². The molecule has 0 saturated heterocycles. The fourth-order valence-electron chi connectivity index (χ4n) is 2.50. The number of nitriles is 1. The number of hydrogen-bond acceptors (Lipinski definition) is 7. The molecule has 3 rings (SSSR count). The van der Waals surface area contributed by atoms with E-state index in [1.807, 2.05) is 0 Å². The Hall–Kier alpha value is -3.52. The maximum absolute atomic E-state index is 12.8. The standard InChI is InChI=1S/C20H15F3N4O3S/c1-12-25-18(30-27-12)10-31-17-5-3-2-4-15(17)19(28)26-14-6-7-16(13(8-14)9-24)29-11-20(21,22)23/h2-8H,10-11H2,1H3,(H,26,28). The quantitative estimate of drug-likeness (QED) is 0.521. The van der Waals surface area contributed by atoms with E-state index in [2.05, 4.69) is 20.2 Å². The number of thioether (sulfide) groups is 1. The van der Waals surface area contributed by atoms with E-state index in [1.165, 1.54) is 30.0 Å². The fourth-order valence-corrected chi connectivity index (χ4v) is 3.38. The molecule has 0 aliphatic carbocycles. The van der Waals surface area contributed by atoms with E-state index >= 15 is 0 Å². The SMILES string of the molecule is Cc1noc(CSc2ccccc2C(=O)Nc2ccc(OCC(F)(F)F)c(C#N)c2)n1. The van der Waals surface area contributed by atoms with E-state index in [9.17, 15) is 23.2 Å². The lowest BCUT2D eigenvalue weighted by Crippen LogP contribution is -2.19. The summed E-state index contributed by atoms with van der Waals surface area (Å²) in [4.78, 5) is 17.5. The second-order valence-electron chi connectivity index (χ2n) is 6.20. The Bertz CT molecular complexity index is 1130. The number of aromatic nitrogens is 2. The molecule has 0 saturated carbocycles. The van der Waals surface area contributed by atoms with E-state index in [4.69, 9.17) is 4.52 Å². The van der Waals surface area contributed by atoms with Crippen molar-refractivity contribution in [1.82, 2.24) is 10.1 Å². The zero-order valence-corrected chi connectivity index (χ0v) is 16.9. The molecule has 0 fully saturated rings. The van der Waals surface area contributed by atoms with Crippen molar-refractivity contribution < 1.29 is 27.2 Å². The van der Waals surface area contributed by atoms with Gasteiger partial charge in [-0.1, -0.05) is 17.3 Å². The monoisotopic (exact) mass is 448 g/mol. The van der Waals surface area contributed by atoms with Gasteiger partial charge in [-0.25, -0.2) is 0 Å². The summed E-state index contributed by atoms with van der Waals surface area (Å²) in [5.41, 5.74) is 0.490. The van der Waals surface area contributed by atoms with E-state index in [1.54, 1.807) is 37.3 Å². The fraction of sp³-hybridized carbons (Fsp3) is 0.200. The number of amides is 1. The van der Waals surface area contributed by atoms with Crippen LogP contribution in [0, 0.1) is 18.3 Å². The number of carbonyl (C=O) groups is 1. The van der Waals surface area contributed by atoms with Crippen LogP contribution in [-0.2, 0) is 5.75 Å². The summed E-state index contributed by atoms with van der Waals surface area (Å²) in [7, 11) is 0. The largest absolute Gasteiger partial charge is 0.483 e. The predicted molar refractivity (Wildman–Crippen MR) is 106 cm³/mol. The maximum atomic E-state index is 12.8. The van der Waals surface area contributed by atoms with E-state index in [0.29, 0.717) is 27.9 Å². The third-order valence-corrected chi connectivity index (χ3v) is 4.86. The highest BCUT2D eigenvalue weighted by molar-refractivity contribution is 7.98. The maximum Gasteiger partial charge on any atom is 0.422 e. The molecule has 1 N–H and O–H groups in total. The molecule has 0 unspecified atom stereocenters. The van der Waals surface area contributed by atoms with Crippen LogP contribution in [0.4, 0.5) is 18.9 Å². The number of carbonyl (C=O) groups excluding carboxylic acids is 1.